The van der Waals surface area contributed by atoms with Gasteiger partial charge in [-0.2, -0.15) is 13.2 Å². The van der Waals surface area contributed by atoms with Crippen molar-refractivity contribution in [3.05, 3.63) is 53.2 Å². The Morgan fingerprint density at radius 3 is 2.75 bits per heavy atom. The van der Waals surface area contributed by atoms with Crippen molar-refractivity contribution in [1.82, 2.24) is 4.98 Å². The van der Waals surface area contributed by atoms with Crippen molar-refractivity contribution in [3.8, 4) is 0 Å². The lowest BCUT2D eigenvalue weighted by Crippen LogP contribution is -2.05. The minimum Gasteiger partial charge on any atom is -0.445 e. The minimum absolute atomic E-state index is 0.0632. The fourth-order valence-corrected chi connectivity index (χ4v) is 1.79. The molecule has 0 bridgehead atoms. The number of carbonyl (C=O) groups is 1. The molecule has 2 aromatic rings. The van der Waals surface area contributed by atoms with E-state index >= 15 is 0 Å². The highest BCUT2D eigenvalue weighted by Gasteiger charge is 2.30. The van der Waals surface area contributed by atoms with Crippen molar-refractivity contribution in [1.29, 1.82) is 0 Å². The minimum atomic E-state index is -4.37. The summed E-state index contributed by atoms with van der Waals surface area (Å²) in [5.74, 6) is 0.645. The van der Waals surface area contributed by atoms with E-state index in [0.29, 0.717) is 17.2 Å². The summed E-state index contributed by atoms with van der Waals surface area (Å²) in [6.45, 7) is 1.43. The van der Waals surface area contributed by atoms with E-state index in [-0.39, 0.29) is 18.6 Å². The lowest BCUT2D eigenvalue weighted by molar-refractivity contribution is -0.137. The number of benzene rings is 1. The van der Waals surface area contributed by atoms with Crippen molar-refractivity contribution in [2.75, 3.05) is 0 Å². The van der Waals surface area contributed by atoms with E-state index in [1.165, 1.54) is 19.2 Å². The van der Waals surface area contributed by atoms with Gasteiger partial charge in [0.05, 0.1) is 18.2 Å². The molecular formula is C14H12F3NO2. The maximum atomic E-state index is 12.6. The van der Waals surface area contributed by atoms with Gasteiger partial charge in [0.25, 0.3) is 0 Å². The first kappa shape index (κ1) is 14.3. The third-order valence-corrected chi connectivity index (χ3v) is 2.63. The highest BCUT2D eigenvalue weighted by Crippen LogP contribution is 2.29. The number of hydrogen-bond donors (Lipinski definition) is 0. The van der Waals surface area contributed by atoms with E-state index < -0.39 is 11.7 Å². The van der Waals surface area contributed by atoms with Crippen LogP contribution in [0, 0.1) is 0 Å². The van der Waals surface area contributed by atoms with Crippen LogP contribution in [0.5, 0.6) is 0 Å². The van der Waals surface area contributed by atoms with Gasteiger partial charge in [-0.3, -0.25) is 4.79 Å². The second kappa shape index (κ2) is 5.48. The van der Waals surface area contributed by atoms with Gasteiger partial charge in [0.15, 0.2) is 5.89 Å². The summed E-state index contributed by atoms with van der Waals surface area (Å²) in [7, 11) is 0. The highest BCUT2D eigenvalue weighted by molar-refractivity contribution is 5.77. The zero-order valence-electron chi connectivity index (χ0n) is 10.7. The van der Waals surface area contributed by atoms with E-state index in [1.54, 1.807) is 6.07 Å². The number of halogens is 3. The second-order valence-corrected chi connectivity index (χ2v) is 4.47. The molecule has 0 atom stereocenters. The summed E-state index contributed by atoms with van der Waals surface area (Å²) in [5.41, 5.74) is -0.249. The van der Waals surface area contributed by atoms with E-state index in [1.807, 2.05) is 0 Å². The summed E-state index contributed by atoms with van der Waals surface area (Å²) in [4.78, 5) is 14.9. The van der Waals surface area contributed by atoms with Crippen LogP contribution in [0.15, 0.2) is 34.9 Å². The largest absolute Gasteiger partial charge is 0.445 e. The number of rotatable bonds is 4. The van der Waals surface area contributed by atoms with Gasteiger partial charge in [0.1, 0.15) is 11.5 Å². The van der Waals surface area contributed by atoms with Gasteiger partial charge in [-0.05, 0) is 18.6 Å². The molecule has 3 nitrogen and oxygen atoms in total. The fourth-order valence-electron chi connectivity index (χ4n) is 1.79. The molecule has 1 heterocycles. The van der Waals surface area contributed by atoms with Crippen molar-refractivity contribution in [3.63, 3.8) is 0 Å². The molecule has 0 aliphatic carbocycles. The zero-order chi connectivity index (χ0) is 14.8. The third-order valence-electron chi connectivity index (χ3n) is 2.63. The van der Waals surface area contributed by atoms with Crippen LogP contribution in [0.3, 0.4) is 0 Å². The van der Waals surface area contributed by atoms with Gasteiger partial charge in [-0.1, -0.05) is 18.2 Å². The molecule has 1 aromatic carbocycles. The van der Waals surface area contributed by atoms with Crippen molar-refractivity contribution < 1.29 is 22.4 Å². The summed E-state index contributed by atoms with van der Waals surface area (Å²) in [6, 6.07) is 5.00. The molecule has 106 valence electrons. The second-order valence-electron chi connectivity index (χ2n) is 4.47. The topological polar surface area (TPSA) is 43.1 Å². The molecule has 0 fully saturated rings. The number of carbonyl (C=O) groups excluding carboxylic acids is 1. The molecule has 1 aromatic heterocycles. The number of ketones is 1. The zero-order valence-corrected chi connectivity index (χ0v) is 10.7. The number of oxazole rings is 1. The molecule has 0 unspecified atom stereocenters. The number of nitrogens with zero attached hydrogens (tertiary/aromatic N) is 1. The van der Waals surface area contributed by atoms with Gasteiger partial charge in [-0.15, -0.1) is 0 Å². The SMILES string of the molecule is CC(=O)Cc1cnc(Cc2cccc(C(F)(F)F)c2)o1. The Balaban J connectivity index is 2.14. The molecular weight excluding hydrogens is 271 g/mol. The van der Waals surface area contributed by atoms with Gasteiger partial charge in [0, 0.05) is 6.42 Å². The summed E-state index contributed by atoms with van der Waals surface area (Å²) >= 11 is 0. The Bertz CT molecular complexity index is 617. The average molecular weight is 283 g/mol. The van der Waals surface area contributed by atoms with Gasteiger partial charge < -0.3 is 4.42 Å². The Morgan fingerprint density at radius 2 is 2.10 bits per heavy atom. The van der Waals surface area contributed by atoms with Crippen LogP contribution in [0.4, 0.5) is 13.2 Å². The average Bonchev–Trinajstić information content (AvgIpc) is 2.75. The van der Waals surface area contributed by atoms with Crippen LogP contribution in [0.25, 0.3) is 0 Å². The Hall–Kier alpha value is -2.11. The maximum absolute atomic E-state index is 12.6. The van der Waals surface area contributed by atoms with E-state index in [0.717, 1.165) is 12.1 Å². The summed E-state index contributed by atoms with van der Waals surface area (Å²) in [5, 5.41) is 0. The Morgan fingerprint density at radius 1 is 1.35 bits per heavy atom. The number of aromatic nitrogens is 1. The standard InChI is InChI=1S/C14H12F3NO2/c1-9(19)5-12-8-18-13(20-12)7-10-3-2-4-11(6-10)14(15,16)17/h2-4,6,8H,5,7H2,1H3. The molecule has 2 rings (SSSR count). The first-order valence-electron chi connectivity index (χ1n) is 5.94. The number of hydrogen-bond acceptors (Lipinski definition) is 3. The Kier molecular flexibility index (Phi) is 3.92. The lowest BCUT2D eigenvalue weighted by Gasteiger charge is -2.07. The van der Waals surface area contributed by atoms with Crippen molar-refractivity contribution >= 4 is 5.78 Å². The monoisotopic (exact) mass is 283 g/mol. The molecule has 0 spiro atoms. The predicted octanol–water partition coefficient (Wildman–Crippen LogP) is 3.42. The molecule has 0 N–H and O–H groups in total. The quantitative estimate of drug-likeness (QED) is 0.863. The predicted molar refractivity (Wildman–Crippen MR) is 65.1 cm³/mol. The molecule has 0 saturated carbocycles. The molecule has 0 aliphatic rings. The van der Waals surface area contributed by atoms with Gasteiger partial charge >= 0.3 is 6.18 Å². The highest BCUT2D eigenvalue weighted by atomic mass is 19.4. The smallest absolute Gasteiger partial charge is 0.416 e. The van der Waals surface area contributed by atoms with Crippen LogP contribution < -0.4 is 0 Å². The van der Waals surface area contributed by atoms with Gasteiger partial charge in [0.2, 0.25) is 0 Å². The van der Waals surface area contributed by atoms with Crippen LogP contribution in [0.1, 0.15) is 29.7 Å². The molecule has 0 amide bonds. The van der Waals surface area contributed by atoms with Crippen LogP contribution in [-0.4, -0.2) is 10.8 Å². The van der Waals surface area contributed by atoms with Crippen molar-refractivity contribution in [2.45, 2.75) is 25.9 Å². The van der Waals surface area contributed by atoms with E-state index in [4.69, 9.17) is 4.42 Å². The van der Waals surface area contributed by atoms with Crippen molar-refractivity contribution in [2.24, 2.45) is 0 Å². The number of alkyl halides is 3. The van der Waals surface area contributed by atoms with Crippen LogP contribution in [-0.2, 0) is 23.8 Å². The molecule has 20 heavy (non-hydrogen) atoms. The first-order chi connectivity index (χ1) is 9.34. The Labute approximate surface area is 113 Å². The van der Waals surface area contributed by atoms with Gasteiger partial charge in [-0.25, -0.2) is 4.98 Å². The molecule has 0 radical (unpaired) electrons. The van der Waals surface area contributed by atoms with E-state index in [2.05, 4.69) is 4.98 Å². The molecule has 6 heteroatoms. The number of Topliss-reactive ketones (excluding diaryl/α,β-unsaturated/α-hetero) is 1. The molecule has 0 aliphatic heterocycles. The van der Waals surface area contributed by atoms with Crippen LogP contribution >= 0.6 is 0 Å². The normalized spacial score (nSPS) is 11.6. The first-order valence-corrected chi connectivity index (χ1v) is 5.94. The summed E-state index contributed by atoms with van der Waals surface area (Å²) < 4.78 is 43.0. The lowest BCUT2D eigenvalue weighted by atomic mass is 10.1. The van der Waals surface area contributed by atoms with Crippen LogP contribution in [0.2, 0.25) is 0 Å². The summed E-state index contributed by atoms with van der Waals surface area (Å²) in [6.07, 6.45) is -2.66. The van der Waals surface area contributed by atoms with E-state index in [9.17, 15) is 18.0 Å². The maximum Gasteiger partial charge on any atom is 0.416 e. The molecule has 0 saturated heterocycles. The third kappa shape index (κ3) is 3.69. The fraction of sp³-hybridized carbons (Fsp3) is 0.286.